The highest BCUT2D eigenvalue weighted by Crippen LogP contribution is 2.39. The number of nitrogens with zero attached hydrogens (tertiary/aromatic N) is 4. The van der Waals surface area contributed by atoms with Crippen LogP contribution in [-0.4, -0.2) is 88.8 Å². The number of nitrogens with one attached hydrogen (secondary N) is 1. The van der Waals surface area contributed by atoms with Crippen molar-refractivity contribution in [3.63, 3.8) is 0 Å². The van der Waals surface area contributed by atoms with Gasteiger partial charge in [0.05, 0.1) is 22.2 Å². The monoisotopic (exact) mass is 674 g/mol. The third-order valence-electron chi connectivity index (χ3n) is 10.3. The zero-order valence-corrected chi connectivity index (χ0v) is 27.2. The predicted octanol–water partition coefficient (Wildman–Crippen LogP) is 5.62. The summed E-state index contributed by atoms with van der Waals surface area (Å²) >= 11 is 6.13. The number of alkyl halides is 3. The van der Waals surface area contributed by atoms with Gasteiger partial charge in [-0.3, -0.25) is 9.59 Å². The topological polar surface area (TPSA) is 102 Å². The van der Waals surface area contributed by atoms with Crippen molar-refractivity contribution < 1.29 is 27.6 Å². The molecule has 0 bridgehead atoms. The third-order valence-corrected chi connectivity index (χ3v) is 10.6. The summed E-state index contributed by atoms with van der Waals surface area (Å²) in [6.07, 6.45) is 0.307. The summed E-state index contributed by atoms with van der Waals surface area (Å²) in [5, 5.41) is 2.72. The fourth-order valence-corrected chi connectivity index (χ4v) is 7.90. The Morgan fingerprint density at radius 2 is 1.57 bits per heavy atom. The highest BCUT2D eigenvalue weighted by atomic mass is 35.5. The quantitative estimate of drug-likeness (QED) is 0.372. The molecule has 0 spiro atoms. The van der Waals surface area contributed by atoms with E-state index in [1.165, 1.54) is 18.9 Å². The summed E-state index contributed by atoms with van der Waals surface area (Å²) in [6, 6.07) is 10.2. The van der Waals surface area contributed by atoms with Crippen LogP contribution < -0.4 is 11.1 Å². The molecular formula is C34H42ClF3N6O3. The highest BCUT2D eigenvalue weighted by molar-refractivity contribution is 6.33. The standard InChI is InChI=1S/C34H42ClF3N6O3/c35-28-19-22(18-27(31(28)39)34(36,37)38)17-24(32(46)43-15-7-25(8-16-43)41-11-3-4-12-41)20-30(45)42-13-9-26(10-14-42)44-21-23-5-1-2-6-29(23)40-33(44)47/h1-2,5-6,18-19,24-26H,3-4,7-17,20-21,39H2,(H,40,47). The minimum absolute atomic E-state index is 0.0422. The fraction of sp³-hybridized carbons (Fsp3) is 0.559. The summed E-state index contributed by atoms with van der Waals surface area (Å²) < 4.78 is 41.3. The van der Waals surface area contributed by atoms with Gasteiger partial charge in [-0.1, -0.05) is 29.8 Å². The number of hydrogen-bond donors (Lipinski definition) is 2. The second kappa shape index (κ2) is 13.9. The van der Waals surface area contributed by atoms with Gasteiger partial charge in [-0.25, -0.2) is 4.79 Å². The molecule has 4 amide bonds. The molecule has 47 heavy (non-hydrogen) atoms. The van der Waals surface area contributed by atoms with E-state index in [1.54, 1.807) is 9.80 Å². The van der Waals surface area contributed by atoms with E-state index >= 15 is 0 Å². The number of piperidine rings is 2. The maximum atomic E-state index is 14.0. The number of urea groups is 1. The van der Waals surface area contributed by atoms with Crippen molar-refractivity contribution in [2.45, 2.75) is 76.2 Å². The van der Waals surface area contributed by atoms with E-state index in [1.807, 2.05) is 29.2 Å². The molecule has 4 aliphatic heterocycles. The number of para-hydroxylation sites is 1. The minimum Gasteiger partial charge on any atom is -0.397 e. The summed E-state index contributed by atoms with van der Waals surface area (Å²) in [4.78, 5) is 48.3. The van der Waals surface area contributed by atoms with Gasteiger partial charge in [-0.2, -0.15) is 13.2 Å². The molecule has 3 N–H and O–H groups in total. The molecule has 0 aliphatic carbocycles. The number of benzene rings is 2. The van der Waals surface area contributed by atoms with Crippen LogP contribution in [0, 0.1) is 5.92 Å². The Bertz CT molecular complexity index is 1480. The van der Waals surface area contributed by atoms with Gasteiger partial charge in [0.25, 0.3) is 0 Å². The van der Waals surface area contributed by atoms with Gasteiger partial charge in [0.1, 0.15) is 0 Å². The van der Waals surface area contributed by atoms with Crippen molar-refractivity contribution in [3.8, 4) is 0 Å². The Hall–Kier alpha value is -3.51. The van der Waals surface area contributed by atoms with E-state index in [9.17, 15) is 27.6 Å². The number of hydrogen-bond acceptors (Lipinski definition) is 5. The first-order chi connectivity index (χ1) is 22.5. The molecule has 0 saturated carbocycles. The lowest BCUT2D eigenvalue weighted by atomic mass is 9.91. The van der Waals surface area contributed by atoms with Crippen LogP contribution in [0.15, 0.2) is 36.4 Å². The summed E-state index contributed by atoms with van der Waals surface area (Å²) in [5.74, 6) is -1.30. The maximum Gasteiger partial charge on any atom is 0.418 e. The molecule has 3 saturated heterocycles. The zero-order chi connectivity index (χ0) is 33.3. The van der Waals surface area contributed by atoms with Crippen LogP contribution in [0.3, 0.4) is 0 Å². The van der Waals surface area contributed by atoms with E-state index < -0.39 is 23.3 Å². The van der Waals surface area contributed by atoms with Gasteiger partial charge in [0, 0.05) is 56.9 Å². The van der Waals surface area contributed by atoms with Crippen LogP contribution in [-0.2, 0) is 28.7 Å². The Kier molecular flexibility index (Phi) is 9.89. The smallest absolute Gasteiger partial charge is 0.397 e. The van der Waals surface area contributed by atoms with Crippen molar-refractivity contribution in [1.82, 2.24) is 19.6 Å². The van der Waals surface area contributed by atoms with E-state index in [0.717, 1.165) is 43.2 Å². The lowest BCUT2D eigenvalue weighted by molar-refractivity contribution is -0.143. The molecule has 3 fully saturated rings. The predicted molar refractivity (Wildman–Crippen MR) is 174 cm³/mol. The Balaban J connectivity index is 1.13. The number of rotatable bonds is 7. The number of nitrogen functional groups attached to an aromatic ring is 1. The summed E-state index contributed by atoms with van der Waals surface area (Å²) in [7, 11) is 0. The Morgan fingerprint density at radius 3 is 2.26 bits per heavy atom. The first-order valence-corrected chi connectivity index (χ1v) is 17.0. The van der Waals surface area contributed by atoms with Crippen molar-refractivity contribution in [2.75, 3.05) is 50.3 Å². The normalized spacial score (nSPS) is 20.7. The minimum atomic E-state index is -4.71. The van der Waals surface area contributed by atoms with Crippen molar-refractivity contribution >= 4 is 40.8 Å². The average Bonchev–Trinajstić information content (AvgIpc) is 3.60. The van der Waals surface area contributed by atoms with Crippen LogP contribution in [0.25, 0.3) is 0 Å². The van der Waals surface area contributed by atoms with Crippen molar-refractivity contribution in [1.29, 1.82) is 0 Å². The van der Waals surface area contributed by atoms with Crippen molar-refractivity contribution in [3.05, 3.63) is 58.1 Å². The summed E-state index contributed by atoms with van der Waals surface area (Å²) in [5.41, 5.74) is 6.12. The first kappa shape index (κ1) is 33.4. The van der Waals surface area contributed by atoms with Crippen LogP contribution >= 0.6 is 11.6 Å². The maximum absolute atomic E-state index is 14.0. The lowest BCUT2D eigenvalue weighted by Gasteiger charge is -2.41. The molecule has 2 aromatic carbocycles. The average molecular weight is 675 g/mol. The second-order valence-electron chi connectivity index (χ2n) is 13.3. The largest absolute Gasteiger partial charge is 0.418 e. The number of amides is 4. The number of anilines is 2. The van der Waals surface area contributed by atoms with Gasteiger partial charge >= 0.3 is 12.2 Å². The molecule has 1 atom stereocenters. The number of nitrogens with two attached hydrogens (primary N) is 1. The molecule has 4 heterocycles. The number of halogens is 4. The van der Waals surface area contributed by atoms with Crippen LogP contribution in [0.1, 0.15) is 61.6 Å². The van der Waals surface area contributed by atoms with E-state index in [4.69, 9.17) is 17.3 Å². The lowest BCUT2D eigenvalue weighted by Crippen LogP contribution is -2.51. The first-order valence-electron chi connectivity index (χ1n) is 16.6. The SMILES string of the molecule is Nc1c(Cl)cc(CC(CC(=O)N2CCC(N3Cc4ccccc4NC3=O)CC2)C(=O)N2CCC(N3CCCC3)CC2)cc1C(F)(F)F. The number of carbonyl (C=O) groups excluding carboxylic acids is 3. The molecule has 1 unspecified atom stereocenters. The van der Waals surface area contributed by atoms with Gasteiger partial charge in [-0.05, 0) is 87.4 Å². The Morgan fingerprint density at radius 1 is 0.936 bits per heavy atom. The molecular weight excluding hydrogens is 633 g/mol. The van der Waals surface area contributed by atoms with E-state index in [-0.39, 0.29) is 47.3 Å². The summed E-state index contributed by atoms with van der Waals surface area (Å²) in [6.45, 7) is 4.58. The highest BCUT2D eigenvalue weighted by Gasteiger charge is 2.38. The zero-order valence-electron chi connectivity index (χ0n) is 26.4. The third kappa shape index (κ3) is 7.48. The van der Waals surface area contributed by atoms with Crippen LogP contribution in [0.4, 0.5) is 29.3 Å². The molecule has 4 aliphatic rings. The second-order valence-corrected chi connectivity index (χ2v) is 13.7. The molecule has 0 aromatic heterocycles. The number of fused-ring (bicyclic) bond motifs is 1. The molecule has 254 valence electrons. The van der Waals surface area contributed by atoms with Crippen LogP contribution in [0.5, 0.6) is 0 Å². The fourth-order valence-electron chi connectivity index (χ4n) is 7.66. The molecule has 6 rings (SSSR count). The van der Waals surface area contributed by atoms with E-state index in [0.29, 0.717) is 51.6 Å². The van der Waals surface area contributed by atoms with Crippen LogP contribution in [0.2, 0.25) is 5.02 Å². The number of likely N-dealkylation sites (tertiary alicyclic amines) is 3. The molecule has 2 aromatic rings. The molecule has 13 heteroatoms. The number of carbonyl (C=O) groups is 3. The van der Waals surface area contributed by atoms with Gasteiger partial charge in [0.2, 0.25) is 11.8 Å². The molecule has 9 nitrogen and oxygen atoms in total. The van der Waals surface area contributed by atoms with Gasteiger partial charge < -0.3 is 30.7 Å². The van der Waals surface area contributed by atoms with Crippen molar-refractivity contribution in [2.24, 2.45) is 5.92 Å². The Labute approximate surface area is 278 Å². The molecule has 0 radical (unpaired) electrons. The van der Waals surface area contributed by atoms with E-state index in [2.05, 4.69) is 10.2 Å². The van der Waals surface area contributed by atoms with Gasteiger partial charge in [-0.15, -0.1) is 0 Å². The van der Waals surface area contributed by atoms with Gasteiger partial charge in [0.15, 0.2) is 0 Å².